The molecule has 2 aliphatic rings. The Hall–Kier alpha value is -2.31. The third-order valence-electron chi connectivity index (χ3n) is 5.26. The zero-order valence-corrected chi connectivity index (χ0v) is 14.8. The maximum absolute atomic E-state index is 12.7. The normalized spacial score (nSPS) is 17.7. The van der Waals surface area contributed by atoms with E-state index in [1.54, 1.807) is 6.20 Å². The molecule has 0 radical (unpaired) electrons. The molecular formula is C18H26N6O. The summed E-state index contributed by atoms with van der Waals surface area (Å²) in [5.74, 6) is 0.782. The van der Waals surface area contributed by atoms with Gasteiger partial charge in [0.25, 0.3) is 0 Å². The van der Waals surface area contributed by atoms with E-state index in [1.165, 1.54) is 18.5 Å². The maximum Gasteiger partial charge on any atom is 0.317 e. The van der Waals surface area contributed by atoms with Crippen molar-refractivity contribution in [1.82, 2.24) is 30.0 Å². The number of aromatic nitrogens is 4. The van der Waals surface area contributed by atoms with Gasteiger partial charge in [-0.1, -0.05) is 19.8 Å². The smallest absolute Gasteiger partial charge is 0.317 e. The van der Waals surface area contributed by atoms with Gasteiger partial charge in [-0.25, -0.2) is 9.78 Å². The van der Waals surface area contributed by atoms with E-state index in [0.717, 1.165) is 55.9 Å². The predicted molar refractivity (Wildman–Crippen MR) is 95.0 cm³/mol. The Morgan fingerprint density at radius 2 is 2.24 bits per heavy atom. The summed E-state index contributed by atoms with van der Waals surface area (Å²) in [6.07, 6.45) is 10.1. The fourth-order valence-corrected chi connectivity index (χ4v) is 3.98. The first kappa shape index (κ1) is 16.2. The molecule has 3 heterocycles. The van der Waals surface area contributed by atoms with Crippen LogP contribution in [0.15, 0.2) is 12.4 Å². The Bertz CT molecular complexity index is 729. The Morgan fingerprint density at radius 1 is 1.40 bits per heavy atom. The molecule has 0 saturated heterocycles. The van der Waals surface area contributed by atoms with Crippen molar-refractivity contribution in [3.63, 3.8) is 0 Å². The van der Waals surface area contributed by atoms with Gasteiger partial charge in [0, 0.05) is 49.2 Å². The number of aromatic amines is 1. The molecule has 7 nitrogen and oxygen atoms in total. The topological polar surface area (TPSA) is 78.8 Å². The van der Waals surface area contributed by atoms with Crippen molar-refractivity contribution in [3.8, 4) is 11.5 Å². The molecule has 2 aromatic rings. The van der Waals surface area contributed by atoms with Crippen LogP contribution in [0.2, 0.25) is 0 Å². The van der Waals surface area contributed by atoms with Crippen LogP contribution in [0, 0.1) is 0 Å². The van der Waals surface area contributed by atoms with Crippen LogP contribution in [0.3, 0.4) is 0 Å². The Labute approximate surface area is 147 Å². The lowest BCUT2D eigenvalue weighted by Crippen LogP contribution is -2.46. The van der Waals surface area contributed by atoms with Gasteiger partial charge in [-0.2, -0.15) is 5.10 Å². The summed E-state index contributed by atoms with van der Waals surface area (Å²) in [5, 5.41) is 7.99. The van der Waals surface area contributed by atoms with Gasteiger partial charge < -0.3 is 15.2 Å². The van der Waals surface area contributed by atoms with Gasteiger partial charge in [-0.3, -0.25) is 4.68 Å². The average molecular weight is 342 g/mol. The van der Waals surface area contributed by atoms with E-state index in [0.29, 0.717) is 12.6 Å². The number of nitrogens with one attached hydrogen (secondary N) is 2. The number of hydrogen-bond acceptors (Lipinski definition) is 3. The van der Waals surface area contributed by atoms with Crippen LogP contribution in [0.4, 0.5) is 4.79 Å². The fraction of sp³-hybridized carbons (Fsp3) is 0.611. The van der Waals surface area contributed by atoms with Gasteiger partial charge in [0.2, 0.25) is 0 Å². The van der Waals surface area contributed by atoms with Crippen LogP contribution in [0.5, 0.6) is 0 Å². The third-order valence-corrected chi connectivity index (χ3v) is 5.26. The molecule has 2 amide bonds. The van der Waals surface area contributed by atoms with E-state index in [-0.39, 0.29) is 6.03 Å². The lowest BCUT2D eigenvalue weighted by atomic mass is 10.0. The molecule has 0 unspecified atom stereocenters. The largest absolute Gasteiger partial charge is 0.343 e. The highest BCUT2D eigenvalue weighted by molar-refractivity contribution is 5.75. The molecule has 4 rings (SSSR count). The van der Waals surface area contributed by atoms with Crippen LogP contribution in [-0.2, 0) is 19.5 Å². The lowest BCUT2D eigenvalue weighted by molar-refractivity contribution is 0.187. The molecule has 1 aliphatic carbocycles. The van der Waals surface area contributed by atoms with Crippen molar-refractivity contribution in [1.29, 1.82) is 0 Å². The Kier molecular flexibility index (Phi) is 4.46. The number of fused-ring (bicyclic) bond motifs is 1. The minimum atomic E-state index is 0.0613. The minimum absolute atomic E-state index is 0.0613. The van der Waals surface area contributed by atoms with E-state index in [1.807, 2.05) is 11.1 Å². The molecule has 1 aliphatic heterocycles. The van der Waals surface area contributed by atoms with Crippen LogP contribution in [-0.4, -0.2) is 43.3 Å². The number of nitrogens with zero attached hydrogens (tertiary/aromatic N) is 4. The highest BCUT2D eigenvalue weighted by Crippen LogP contribution is 2.29. The molecule has 0 atom stereocenters. The first-order chi connectivity index (χ1) is 12.3. The first-order valence-corrected chi connectivity index (χ1v) is 9.40. The summed E-state index contributed by atoms with van der Waals surface area (Å²) in [4.78, 5) is 22.1. The molecule has 0 spiro atoms. The van der Waals surface area contributed by atoms with Crippen molar-refractivity contribution in [2.24, 2.45) is 0 Å². The molecule has 1 fully saturated rings. The van der Waals surface area contributed by atoms with Gasteiger partial charge in [0.05, 0.1) is 6.54 Å². The third kappa shape index (κ3) is 3.15. The van der Waals surface area contributed by atoms with E-state index >= 15 is 0 Å². The summed E-state index contributed by atoms with van der Waals surface area (Å²) in [6, 6.07) is 0.410. The second-order valence-electron chi connectivity index (χ2n) is 7.04. The molecule has 25 heavy (non-hydrogen) atoms. The molecule has 7 heteroatoms. The summed E-state index contributed by atoms with van der Waals surface area (Å²) < 4.78 is 2.10. The van der Waals surface area contributed by atoms with Gasteiger partial charge >= 0.3 is 6.03 Å². The standard InChI is InChI=1S/C18H26N6O/c1-2-10-24-15-7-11-23(18(25)21-13-5-3-4-6-13)12-14(15)16(22-24)17-19-8-9-20-17/h8-9,13H,2-7,10-12H2,1H3,(H,19,20)(H,21,25). The van der Waals surface area contributed by atoms with E-state index < -0.39 is 0 Å². The fourth-order valence-electron chi connectivity index (χ4n) is 3.98. The molecule has 2 N–H and O–H groups in total. The number of H-pyrrole nitrogens is 1. The van der Waals surface area contributed by atoms with Crippen molar-refractivity contribution in [2.75, 3.05) is 6.54 Å². The monoisotopic (exact) mass is 342 g/mol. The molecule has 0 aromatic carbocycles. The zero-order valence-electron chi connectivity index (χ0n) is 14.8. The summed E-state index contributed by atoms with van der Waals surface area (Å²) >= 11 is 0. The Balaban J connectivity index is 1.57. The molecule has 0 bridgehead atoms. The highest BCUT2D eigenvalue weighted by Gasteiger charge is 2.29. The lowest BCUT2D eigenvalue weighted by Gasteiger charge is -2.29. The van der Waals surface area contributed by atoms with Gasteiger partial charge in [0.1, 0.15) is 5.69 Å². The van der Waals surface area contributed by atoms with Gasteiger partial charge in [-0.05, 0) is 19.3 Å². The van der Waals surface area contributed by atoms with Gasteiger partial charge in [-0.15, -0.1) is 0 Å². The molecular weight excluding hydrogens is 316 g/mol. The van der Waals surface area contributed by atoms with Crippen molar-refractivity contribution in [2.45, 2.75) is 64.6 Å². The predicted octanol–water partition coefficient (Wildman–Crippen LogP) is 2.69. The van der Waals surface area contributed by atoms with Crippen molar-refractivity contribution in [3.05, 3.63) is 23.7 Å². The van der Waals surface area contributed by atoms with Crippen LogP contribution in [0.25, 0.3) is 11.5 Å². The maximum atomic E-state index is 12.7. The average Bonchev–Trinajstić information content (AvgIpc) is 3.35. The Morgan fingerprint density at radius 3 is 2.96 bits per heavy atom. The zero-order chi connectivity index (χ0) is 17.2. The van der Waals surface area contributed by atoms with Crippen LogP contribution in [0.1, 0.15) is 50.3 Å². The van der Waals surface area contributed by atoms with E-state index in [2.05, 4.69) is 26.9 Å². The number of hydrogen-bond donors (Lipinski definition) is 2. The SMILES string of the molecule is CCCn1nc(-c2ncc[nH]2)c2c1CCN(C(=O)NC1CCCC1)C2. The summed E-state index contributed by atoms with van der Waals surface area (Å²) in [6.45, 7) is 4.41. The van der Waals surface area contributed by atoms with E-state index in [9.17, 15) is 4.79 Å². The number of imidazole rings is 1. The molecule has 1 saturated carbocycles. The number of aryl methyl sites for hydroxylation is 1. The van der Waals surface area contributed by atoms with Crippen LogP contribution < -0.4 is 5.32 Å². The van der Waals surface area contributed by atoms with Crippen molar-refractivity contribution >= 4 is 6.03 Å². The summed E-state index contributed by atoms with van der Waals surface area (Å²) in [7, 11) is 0. The second-order valence-corrected chi connectivity index (χ2v) is 7.04. The van der Waals surface area contributed by atoms with Crippen molar-refractivity contribution < 1.29 is 4.79 Å². The second kappa shape index (κ2) is 6.90. The molecule has 134 valence electrons. The molecule has 2 aromatic heterocycles. The first-order valence-electron chi connectivity index (χ1n) is 9.40. The number of carbonyl (C=O) groups excluding carboxylic acids is 1. The van der Waals surface area contributed by atoms with Crippen LogP contribution >= 0.6 is 0 Å². The number of amides is 2. The number of carbonyl (C=O) groups is 1. The number of rotatable bonds is 4. The highest BCUT2D eigenvalue weighted by atomic mass is 16.2. The quantitative estimate of drug-likeness (QED) is 0.896. The minimum Gasteiger partial charge on any atom is -0.343 e. The number of urea groups is 1. The summed E-state index contributed by atoms with van der Waals surface area (Å²) in [5.41, 5.74) is 3.27. The van der Waals surface area contributed by atoms with E-state index in [4.69, 9.17) is 5.10 Å². The van der Waals surface area contributed by atoms with Gasteiger partial charge in [0.15, 0.2) is 5.82 Å².